The fourth-order valence-corrected chi connectivity index (χ4v) is 3.55. The van der Waals surface area contributed by atoms with E-state index in [1.54, 1.807) is 0 Å². The van der Waals surface area contributed by atoms with Gasteiger partial charge in [-0.25, -0.2) is 8.42 Å². The molecule has 0 spiro atoms. The van der Waals surface area contributed by atoms with Crippen molar-refractivity contribution in [2.75, 3.05) is 19.6 Å². The number of sulfone groups is 1. The Morgan fingerprint density at radius 3 is 2.44 bits per heavy atom. The Bertz CT molecular complexity index is 662. The molecule has 1 unspecified atom stereocenters. The minimum atomic E-state index is -4.60. The Hall–Kier alpha value is -1.25. The summed E-state index contributed by atoms with van der Waals surface area (Å²) in [7, 11) is -4.60. The van der Waals surface area contributed by atoms with Crippen LogP contribution in [0.25, 0.3) is 0 Å². The lowest BCUT2D eigenvalue weighted by Crippen LogP contribution is -2.42. The van der Waals surface area contributed by atoms with Crippen molar-refractivity contribution in [2.45, 2.75) is 42.9 Å². The normalized spacial score (nSPS) is 17.4. The number of benzene rings is 1. The lowest BCUT2D eigenvalue weighted by atomic mass is 10.1. The van der Waals surface area contributed by atoms with Crippen LogP contribution in [-0.2, 0) is 21.1 Å². The molecular weight excluding hydrogens is 374 g/mol. The summed E-state index contributed by atoms with van der Waals surface area (Å²) in [6.45, 7) is 4.34. The van der Waals surface area contributed by atoms with Crippen LogP contribution in [-0.4, -0.2) is 50.7 Å². The molecule has 0 radical (unpaired) electrons. The van der Waals surface area contributed by atoms with E-state index in [2.05, 4.69) is 5.32 Å². The molecule has 1 fully saturated rings. The van der Waals surface area contributed by atoms with Gasteiger partial charge >= 0.3 is 5.76 Å². The second-order valence-electron chi connectivity index (χ2n) is 5.86. The predicted octanol–water partition coefficient (Wildman–Crippen LogP) is 2.25. The predicted molar refractivity (Wildman–Crippen MR) is 93.9 cm³/mol. The highest BCUT2D eigenvalue weighted by molar-refractivity contribution is 7.91. The van der Waals surface area contributed by atoms with Gasteiger partial charge < -0.3 is 10.2 Å². The smallest absolute Gasteiger partial charge is 0.338 e. The lowest BCUT2D eigenvalue weighted by Gasteiger charge is -2.28. The zero-order valence-electron chi connectivity index (χ0n) is 14.0. The molecule has 1 heterocycles. The molecule has 0 bridgehead atoms. The number of amides is 1. The van der Waals surface area contributed by atoms with Crippen LogP contribution < -0.4 is 5.32 Å². The summed E-state index contributed by atoms with van der Waals surface area (Å²) in [5.74, 6) is -3.48. The number of alkyl halides is 2. The van der Waals surface area contributed by atoms with Crippen LogP contribution in [0.3, 0.4) is 0 Å². The van der Waals surface area contributed by atoms with Crippen LogP contribution in [0.5, 0.6) is 0 Å². The molecule has 2 rings (SSSR count). The van der Waals surface area contributed by atoms with Gasteiger partial charge in [-0.1, -0.05) is 19.1 Å². The summed E-state index contributed by atoms with van der Waals surface area (Å²) in [5.41, 5.74) is 0.611. The monoisotopic (exact) mass is 396 g/mol. The molecule has 142 valence electrons. The van der Waals surface area contributed by atoms with Crippen LogP contribution in [0.4, 0.5) is 8.78 Å². The zero-order valence-corrected chi connectivity index (χ0v) is 15.6. The quantitative estimate of drug-likeness (QED) is 0.767. The van der Waals surface area contributed by atoms with Gasteiger partial charge in [0.05, 0.1) is 11.3 Å². The van der Waals surface area contributed by atoms with E-state index in [0.717, 1.165) is 38.1 Å². The SMILES string of the molecule is CCCN(C(=O)Cc1ccc(S(=O)(=O)C(F)F)cc1)C1CCNC1.Cl. The second kappa shape index (κ2) is 9.45. The Kier molecular flexibility index (Phi) is 8.24. The van der Waals surface area contributed by atoms with E-state index in [1.165, 1.54) is 12.1 Å². The van der Waals surface area contributed by atoms with E-state index in [-0.39, 0.29) is 30.8 Å². The Labute approximate surface area is 153 Å². The van der Waals surface area contributed by atoms with Gasteiger partial charge in [0.25, 0.3) is 0 Å². The van der Waals surface area contributed by atoms with Gasteiger partial charge in [0.15, 0.2) is 0 Å². The number of nitrogens with one attached hydrogen (secondary N) is 1. The van der Waals surface area contributed by atoms with Crippen LogP contribution in [0.15, 0.2) is 29.2 Å². The van der Waals surface area contributed by atoms with E-state index in [9.17, 15) is 22.0 Å². The molecule has 1 aliphatic heterocycles. The largest absolute Gasteiger partial charge is 0.341 e. The highest BCUT2D eigenvalue weighted by Gasteiger charge is 2.27. The van der Waals surface area contributed by atoms with E-state index in [0.29, 0.717) is 12.1 Å². The van der Waals surface area contributed by atoms with Crippen molar-refractivity contribution in [1.82, 2.24) is 10.2 Å². The van der Waals surface area contributed by atoms with Crippen LogP contribution in [0.2, 0.25) is 0 Å². The van der Waals surface area contributed by atoms with E-state index >= 15 is 0 Å². The van der Waals surface area contributed by atoms with Gasteiger partial charge in [-0.15, -0.1) is 12.4 Å². The molecule has 0 saturated carbocycles. The number of carbonyl (C=O) groups excluding carboxylic acids is 1. The third-order valence-electron chi connectivity index (χ3n) is 4.10. The van der Waals surface area contributed by atoms with Crippen molar-refractivity contribution in [3.8, 4) is 0 Å². The maximum Gasteiger partial charge on any atom is 0.341 e. The number of halogens is 3. The van der Waals surface area contributed by atoms with Gasteiger partial charge in [0.1, 0.15) is 0 Å². The first-order valence-electron chi connectivity index (χ1n) is 7.97. The van der Waals surface area contributed by atoms with Crippen LogP contribution in [0, 0.1) is 0 Å². The van der Waals surface area contributed by atoms with E-state index in [4.69, 9.17) is 0 Å². The minimum Gasteiger partial charge on any atom is -0.338 e. The molecule has 5 nitrogen and oxygen atoms in total. The molecular formula is C16H23ClF2N2O3S. The number of nitrogens with zero attached hydrogens (tertiary/aromatic N) is 1. The fourth-order valence-electron chi connectivity index (χ4n) is 2.83. The Morgan fingerprint density at radius 2 is 1.96 bits per heavy atom. The van der Waals surface area contributed by atoms with Crippen LogP contribution in [0.1, 0.15) is 25.3 Å². The highest BCUT2D eigenvalue weighted by atomic mass is 35.5. The molecule has 9 heteroatoms. The van der Waals surface area contributed by atoms with E-state index < -0.39 is 20.5 Å². The fraction of sp³-hybridized carbons (Fsp3) is 0.562. The van der Waals surface area contributed by atoms with Crippen molar-refractivity contribution in [1.29, 1.82) is 0 Å². The molecule has 25 heavy (non-hydrogen) atoms. The lowest BCUT2D eigenvalue weighted by molar-refractivity contribution is -0.132. The number of rotatable bonds is 7. The average Bonchev–Trinajstić information content (AvgIpc) is 3.06. The molecule has 0 aliphatic carbocycles. The van der Waals surface area contributed by atoms with Crippen molar-refractivity contribution in [2.24, 2.45) is 0 Å². The maximum absolute atomic E-state index is 12.5. The number of hydrogen-bond acceptors (Lipinski definition) is 4. The topological polar surface area (TPSA) is 66.5 Å². The Balaban J connectivity index is 0.00000312. The molecule has 1 amide bonds. The maximum atomic E-state index is 12.5. The van der Waals surface area contributed by atoms with Gasteiger partial charge in [-0.2, -0.15) is 8.78 Å². The van der Waals surface area contributed by atoms with E-state index in [1.807, 2.05) is 11.8 Å². The molecule has 1 aromatic rings. The zero-order chi connectivity index (χ0) is 17.7. The first-order valence-corrected chi connectivity index (χ1v) is 9.52. The minimum absolute atomic E-state index is 0. The molecule has 1 atom stereocenters. The van der Waals surface area contributed by atoms with Crippen molar-refractivity contribution < 1.29 is 22.0 Å². The first kappa shape index (κ1) is 21.8. The standard InChI is InChI=1S/C16H22F2N2O3S.ClH/c1-2-9-20(13-7-8-19-11-13)15(21)10-12-3-5-14(6-4-12)24(22,23)16(17)18;/h3-6,13,16,19H,2,7-11H2,1H3;1H. The third kappa shape index (κ3) is 5.36. The first-order chi connectivity index (χ1) is 11.4. The second-order valence-corrected chi connectivity index (χ2v) is 7.78. The van der Waals surface area contributed by atoms with Gasteiger partial charge in [0.2, 0.25) is 15.7 Å². The third-order valence-corrected chi connectivity index (χ3v) is 5.50. The summed E-state index contributed by atoms with van der Waals surface area (Å²) in [6, 6.07) is 5.28. The summed E-state index contributed by atoms with van der Waals surface area (Å²) >= 11 is 0. The number of hydrogen-bond donors (Lipinski definition) is 1. The van der Waals surface area contributed by atoms with Crippen LogP contribution >= 0.6 is 12.4 Å². The number of carbonyl (C=O) groups is 1. The van der Waals surface area contributed by atoms with Gasteiger partial charge in [0, 0.05) is 19.1 Å². The average molecular weight is 397 g/mol. The van der Waals surface area contributed by atoms with Crippen molar-refractivity contribution in [3.05, 3.63) is 29.8 Å². The molecule has 0 aromatic heterocycles. The molecule has 1 saturated heterocycles. The molecule has 1 aromatic carbocycles. The molecule has 1 aliphatic rings. The van der Waals surface area contributed by atoms with Gasteiger partial charge in [-0.05, 0) is 37.1 Å². The summed E-state index contributed by atoms with van der Waals surface area (Å²) in [4.78, 5) is 14.0. The summed E-state index contributed by atoms with van der Waals surface area (Å²) < 4.78 is 47.8. The van der Waals surface area contributed by atoms with Gasteiger partial charge in [-0.3, -0.25) is 4.79 Å². The summed E-state index contributed by atoms with van der Waals surface area (Å²) in [5, 5.41) is 3.23. The van der Waals surface area contributed by atoms with Crippen molar-refractivity contribution in [3.63, 3.8) is 0 Å². The Morgan fingerprint density at radius 1 is 1.32 bits per heavy atom. The summed E-state index contributed by atoms with van der Waals surface area (Å²) in [6.07, 6.45) is 1.90. The van der Waals surface area contributed by atoms with Crippen molar-refractivity contribution >= 4 is 28.2 Å². The molecule has 1 N–H and O–H groups in total. The highest BCUT2D eigenvalue weighted by Crippen LogP contribution is 2.19.